The van der Waals surface area contributed by atoms with Crippen molar-refractivity contribution >= 4 is 23.0 Å². The molecule has 0 radical (unpaired) electrons. The summed E-state index contributed by atoms with van der Waals surface area (Å²) in [5.41, 5.74) is 3.48. The Hall–Kier alpha value is -3.08. The minimum Gasteiger partial charge on any atom is -0.378 e. The van der Waals surface area contributed by atoms with Crippen LogP contribution in [0.4, 0.5) is 23.0 Å². The van der Waals surface area contributed by atoms with E-state index >= 15 is 0 Å². The van der Waals surface area contributed by atoms with Crippen LogP contribution >= 0.6 is 0 Å². The van der Waals surface area contributed by atoms with E-state index in [2.05, 4.69) is 74.0 Å². The average molecular weight is 347 g/mol. The molecule has 0 unspecified atom stereocenters. The number of rotatable bonds is 7. The van der Waals surface area contributed by atoms with Crippen molar-refractivity contribution in [3.05, 3.63) is 72.1 Å². The fraction of sp³-hybridized carbons (Fsp3) is 0.238. The van der Waals surface area contributed by atoms with E-state index in [0.717, 1.165) is 41.8 Å². The van der Waals surface area contributed by atoms with Gasteiger partial charge in [0.05, 0.1) is 0 Å². The normalized spacial score (nSPS) is 10.4. The fourth-order valence-electron chi connectivity index (χ4n) is 2.69. The Morgan fingerprint density at radius 2 is 1.58 bits per heavy atom. The molecule has 134 valence electrons. The number of nitrogens with one attached hydrogen (secondary N) is 2. The monoisotopic (exact) mass is 347 g/mol. The third-order valence-corrected chi connectivity index (χ3v) is 4.06. The van der Waals surface area contributed by atoms with Crippen LogP contribution in [-0.2, 0) is 6.42 Å². The molecule has 26 heavy (non-hydrogen) atoms. The molecule has 3 aromatic rings. The van der Waals surface area contributed by atoms with Gasteiger partial charge >= 0.3 is 0 Å². The van der Waals surface area contributed by atoms with Crippen molar-refractivity contribution in [3.8, 4) is 0 Å². The number of benzene rings is 2. The van der Waals surface area contributed by atoms with Gasteiger partial charge in [0, 0.05) is 38.1 Å². The van der Waals surface area contributed by atoms with E-state index in [4.69, 9.17) is 0 Å². The number of aromatic nitrogens is 2. The molecule has 5 nitrogen and oxygen atoms in total. The molecule has 0 amide bonds. The van der Waals surface area contributed by atoms with Crippen molar-refractivity contribution in [2.75, 3.05) is 36.2 Å². The van der Waals surface area contributed by atoms with Crippen LogP contribution in [-0.4, -0.2) is 30.6 Å². The Kier molecular flexibility index (Phi) is 5.69. The fourth-order valence-corrected chi connectivity index (χ4v) is 2.69. The lowest BCUT2D eigenvalue weighted by molar-refractivity contribution is 0.983. The van der Waals surface area contributed by atoms with Gasteiger partial charge in [-0.05, 0) is 43.2 Å². The highest BCUT2D eigenvalue weighted by Gasteiger charge is 2.03. The number of hydrogen-bond donors (Lipinski definition) is 2. The van der Waals surface area contributed by atoms with Gasteiger partial charge in [0.15, 0.2) is 0 Å². The zero-order valence-corrected chi connectivity index (χ0v) is 15.5. The first-order valence-corrected chi connectivity index (χ1v) is 8.78. The van der Waals surface area contributed by atoms with E-state index in [-0.39, 0.29) is 0 Å². The van der Waals surface area contributed by atoms with Crippen molar-refractivity contribution in [3.63, 3.8) is 0 Å². The second-order valence-corrected chi connectivity index (χ2v) is 6.41. The van der Waals surface area contributed by atoms with Gasteiger partial charge in [0.25, 0.3) is 0 Å². The summed E-state index contributed by atoms with van der Waals surface area (Å²) < 4.78 is 0. The predicted molar refractivity (Wildman–Crippen MR) is 109 cm³/mol. The maximum absolute atomic E-state index is 4.48. The summed E-state index contributed by atoms with van der Waals surface area (Å²) in [5.74, 6) is 2.36. The molecule has 5 heteroatoms. The Morgan fingerprint density at radius 1 is 0.885 bits per heavy atom. The van der Waals surface area contributed by atoms with Crippen LogP contribution in [0, 0.1) is 6.92 Å². The molecule has 0 spiro atoms. The molecule has 0 aliphatic rings. The first kappa shape index (κ1) is 17.7. The molecule has 0 atom stereocenters. The summed E-state index contributed by atoms with van der Waals surface area (Å²) in [7, 11) is 4.06. The number of anilines is 4. The zero-order chi connectivity index (χ0) is 18.4. The van der Waals surface area contributed by atoms with Gasteiger partial charge in [0.2, 0.25) is 0 Å². The quantitative estimate of drug-likeness (QED) is 0.669. The highest BCUT2D eigenvalue weighted by molar-refractivity contribution is 5.62. The van der Waals surface area contributed by atoms with Gasteiger partial charge in [-0.2, -0.15) is 0 Å². The molecule has 2 aromatic carbocycles. The number of hydrogen-bond acceptors (Lipinski definition) is 5. The number of aryl methyl sites for hydroxylation is 1. The maximum atomic E-state index is 4.48. The van der Waals surface area contributed by atoms with Crippen molar-refractivity contribution in [2.45, 2.75) is 13.3 Å². The standard InChI is InChI=1S/C21H25N5/c1-16-23-20(22-14-13-17-7-5-4-6-8-17)15-21(24-16)25-18-9-11-19(12-10-18)26(2)3/h4-12,15H,13-14H2,1-3H3,(H2,22,23,24,25). The van der Waals surface area contributed by atoms with Gasteiger partial charge in [-0.3, -0.25) is 0 Å². The van der Waals surface area contributed by atoms with Crippen molar-refractivity contribution in [2.24, 2.45) is 0 Å². The highest BCUT2D eigenvalue weighted by Crippen LogP contribution is 2.20. The molecule has 1 aromatic heterocycles. The van der Waals surface area contributed by atoms with Crippen LogP contribution in [0.25, 0.3) is 0 Å². The smallest absolute Gasteiger partial charge is 0.136 e. The second-order valence-electron chi connectivity index (χ2n) is 6.41. The van der Waals surface area contributed by atoms with Crippen LogP contribution in [0.5, 0.6) is 0 Å². The Bertz CT molecular complexity index is 829. The molecular formula is C21H25N5. The summed E-state index contributed by atoms with van der Waals surface area (Å²) >= 11 is 0. The van der Waals surface area contributed by atoms with E-state index in [9.17, 15) is 0 Å². The van der Waals surface area contributed by atoms with Gasteiger partial charge in [-0.1, -0.05) is 30.3 Å². The third-order valence-electron chi connectivity index (χ3n) is 4.06. The summed E-state index contributed by atoms with van der Waals surface area (Å²) in [4.78, 5) is 11.0. The molecule has 0 aliphatic carbocycles. The van der Waals surface area contributed by atoms with Crippen molar-refractivity contribution < 1.29 is 0 Å². The summed E-state index contributed by atoms with van der Waals surface area (Å²) in [6.45, 7) is 2.74. The zero-order valence-electron chi connectivity index (χ0n) is 15.5. The first-order valence-electron chi connectivity index (χ1n) is 8.78. The van der Waals surface area contributed by atoms with Crippen LogP contribution in [0.2, 0.25) is 0 Å². The first-order chi connectivity index (χ1) is 12.6. The summed E-state index contributed by atoms with van der Waals surface area (Å²) in [6.07, 6.45) is 0.957. The van der Waals surface area contributed by atoms with Gasteiger partial charge in [-0.25, -0.2) is 9.97 Å². The molecule has 3 rings (SSSR count). The molecule has 0 bridgehead atoms. The molecule has 1 heterocycles. The predicted octanol–water partition coefficient (Wildman–Crippen LogP) is 4.25. The van der Waals surface area contributed by atoms with E-state index < -0.39 is 0 Å². The SMILES string of the molecule is Cc1nc(NCCc2ccccc2)cc(Nc2ccc(N(C)C)cc2)n1. The maximum Gasteiger partial charge on any atom is 0.136 e. The minimum absolute atomic E-state index is 0.738. The van der Waals surface area contributed by atoms with Crippen LogP contribution in [0.3, 0.4) is 0 Å². The molecule has 0 saturated heterocycles. The largest absolute Gasteiger partial charge is 0.378 e. The molecule has 0 fully saturated rings. The highest BCUT2D eigenvalue weighted by atomic mass is 15.1. The van der Waals surface area contributed by atoms with Crippen molar-refractivity contribution in [1.29, 1.82) is 0 Å². The molecule has 2 N–H and O–H groups in total. The minimum atomic E-state index is 0.738. The van der Waals surface area contributed by atoms with Crippen LogP contribution < -0.4 is 15.5 Å². The lowest BCUT2D eigenvalue weighted by Gasteiger charge is -2.14. The van der Waals surface area contributed by atoms with E-state index in [1.165, 1.54) is 5.56 Å². The van der Waals surface area contributed by atoms with E-state index in [1.807, 2.05) is 33.2 Å². The van der Waals surface area contributed by atoms with Gasteiger partial charge < -0.3 is 15.5 Å². The third kappa shape index (κ3) is 4.96. The van der Waals surface area contributed by atoms with E-state index in [0.29, 0.717) is 0 Å². The Balaban J connectivity index is 1.63. The lowest BCUT2D eigenvalue weighted by atomic mass is 10.1. The van der Waals surface area contributed by atoms with Crippen molar-refractivity contribution in [1.82, 2.24) is 9.97 Å². The summed E-state index contributed by atoms with van der Waals surface area (Å²) in [5, 5.41) is 6.74. The lowest BCUT2D eigenvalue weighted by Crippen LogP contribution is -2.09. The van der Waals surface area contributed by atoms with Crippen LogP contribution in [0.1, 0.15) is 11.4 Å². The van der Waals surface area contributed by atoms with E-state index in [1.54, 1.807) is 0 Å². The topological polar surface area (TPSA) is 53.1 Å². The van der Waals surface area contributed by atoms with Crippen LogP contribution in [0.15, 0.2) is 60.7 Å². The Morgan fingerprint density at radius 3 is 2.27 bits per heavy atom. The molecule has 0 aliphatic heterocycles. The van der Waals surface area contributed by atoms with Gasteiger partial charge in [0.1, 0.15) is 17.5 Å². The second kappa shape index (κ2) is 8.34. The average Bonchev–Trinajstić information content (AvgIpc) is 2.62. The molecular weight excluding hydrogens is 322 g/mol. The summed E-state index contributed by atoms with van der Waals surface area (Å²) in [6, 6.07) is 20.6. The number of nitrogens with zero attached hydrogens (tertiary/aromatic N) is 3. The van der Waals surface area contributed by atoms with Gasteiger partial charge in [-0.15, -0.1) is 0 Å². The Labute approximate surface area is 155 Å². The molecule has 0 saturated carbocycles.